The number of fused-ring (bicyclic) bond motifs is 1. The highest BCUT2D eigenvalue weighted by molar-refractivity contribution is 8.00. The van der Waals surface area contributed by atoms with Crippen LogP contribution in [-0.4, -0.2) is 32.3 Å². The fraction of sp³-hybridized carbons (Fsp3) is 0.222. The van der Waals surface area contributed by atoms with Gasteiger partial charge in [-0.1, -0.05) is 0 Å². The Kier molecular flexibility index (Phi) is 5.22. The minimum atomic E-state index is -0.112. The molecule has 26 heavy (non-hydrogen) atoms. The number of hydrogen-bond donors (Lipinski definition) is 2. The van der Waals surface area contributed by atoms with E-state index < -0.39 is 0 Å². The average molecular weight is 369 g/mol. The molecule has 134 valence electrons. The summed E-state index contributed by atoms with van der Waals surface area (Å²) in [6.45, 7) is 3.38. The van der Waals surface area contributed by atoms with E-state index in [1.165, 1.54) is 18.7 Å². The molecule has 2 heterocycles. The molecule has 0 radical (unpaired) electrons. The van der Waals surface area contributed by atoms with E-state index in [9.17, 15) is 9.59 Å². The number of carbonyl (C=O) groups is 2. The van der Waals surface area contributed by atoms with Crippen LogP contribution in [0.4, 0.5) is 11.4 Å². The molecule has 2 N–H and O–H groups in total. The molecule has 7 nitrogen and oxygen atoms in total. The van der Waals surface area contributed by atoms with Crippen LogP contribution in [0.1, 0.15) is 12.6 Å². The normalized spacial score (nSPS) is 10.7. The second-order valence-electron chi connectivity index (χ2n) is 5.85. The van der Waals surface area contributed by atoms with Crippen molar-refractivity contribution in [3.8, 4) is 0 Å². The quantitative estimate of drug-likeness (QED) is 0.675. The van der Waals surface area contributed by atoms with Gasteiger partial charge in [-0.05, 0) is 37.3 Å². The molecule has 0 saturated heterocycles. The molecule has 0 fully saturated rings. The number of benzene rings is 1. The Balaban J connectivity index is 1.59. The number of thioether (sulfide) groups is 1. The maximum absolute atomic E-state index is 12.2. The third-order valence-corrected chi connectivity index (χ3v) is 4.70. The van der Waals surface area contributed by atoms with Gasteiger partial charge in [-0.2, -0.15) is 5.10 Å². The Labute approximate surface area is 155 Å². The third kappa shape index (κ3) is 4.20. The number of nitrogens with one attached hydrogen (secondary N) is 2. The smallest absolute Gasteiger partial charge is 0.234 e. The molecule has 0 bridgehead atoms. The van der Waals surface area contributed by atoms with E-state index in [1.807, 2.05) is 44.3 Å². The maximum atomic E-state index is 12.2. The van der Waals surface area contributed by atoms with E-state index in [1.54, 1.807) is 10.9 Å². The molecular formula is C18H19N5O2S. The second kappa shape index (κ2) is 7.57. The summed E-state index contributed by atoms with van der Waals surface area (Å²) in [7, 11) is 1.84. The first-order chi connectivity index (χ1) is 12.4. The fourth-order valence-electron chi connectivity index (χ4n) is 2.56. The molecule has 1 aromatic carbocycles. The zero-order valence-electron chi connectivity index (χ0n) is 14.7. The number of pyridine rings is 1. The zero-order chi connectivity index (χ0) is 18.7. The van der Waals surface area contributed by atoms with Gasteiger partial charge in [0, 0.05) is 29.9 Å². The number of aryl methyl sites for hydroxylation is 2. The van der Waals surface area contributed by atoms with Crippen LogP contribution in [0.5, 0.6) is 0 Å². The van der Waals surface area contributed by atoms with Gasteiger partial charge in [0.25, 0.3) is 0 Å². The molecule has 0 saturated carbocycles. The predicted molar refractivity (Wildman–Crippen MR) is 103 cm³/mol. The highest BCUT2D eigenvalue weighted by Crippen LogP contribution is 2.22. The second-order valence-corrected chi connectivity index (χ2v) is 6.90. The first kappa shape index (κ1) is 17.9. The molecule has 3 aromatic rings. The van der Waals surface area contributed by atoms with Gasteiger partial charge >= 0.3 is 0 Å². The molecule has 0 aliphatic rings. The summed E-state index contributed by atoms with van der Waals surface area (Å²) < 4.78 is 1.72. The molecule has 0 aliphatic heterocycles. The van der Waals surface area contributed by atoms with Crippen molar-refractivity contribution in [3.05, 3.63) is 42.2 Å². The van der Waals surface area contributed by atoms with Crippen molar-refractivity contribution in [1.29, 1.82) is 0 Å². The van der Waals surface area contributed by atoms with Crippen molar-refractivity contribution in [2.75, 3.05) is 16.4 Å². The van der Waals surface area contributed by atoms with E-state index in [4.69, 9.17) is 0 Å². The summed E-state index contributed by atoms with van der Waals surface area (Å²) >= 11 is 1.42. The third-order valence-electron chi connectivity index (χ3n) is 3.69. The van der Waals surface area contributed by atoms with Crippen molar-refractivity contribution in [2.24, 2.45) is 7.05 Å². The minimum Gasteiger partial charge on any atom is -0.326 e. The van der Waals surface area contributed by atoms with E-state index in [0.29, 0.717) is 5.69 Å². The number of carbonyl (C=O) groups excluding carboxylic acids is 2. The van der Waals surface area contributed by atoms with Crippen molar-refractivity contribution < 1.29 is 9.59 Å². The van der Waals surface area contributed by atoms with Crippen LogP contribution >= 0.6 is 11.8 Å². The standard InChI is InChI=1S/C18H19N5O2S/c1-11-16-8-14(9-19-18(16)23(3)22-11)21-17(25)10-26-15-6-4-13(5-7-15)20-12(2)24/h4-9H,10H2,1-3H3,(H,20,24)(H,21,25). The largest absolute Gasteiger partial charge is 0.326 e. The van der Waals surface area contributed by atoms with Crippen LogP contribution in [0.15, 0.2) is 41.4 Å². The fourth-order valence-corrected chi connectivity index (χ4v) is 3.26. The van der Waals surface area contributed by atoms with Crippen LogP contribution in [-0.2, 0) is 16.6 Å². The summed E-state index contributed by atoms with van der Waals surface area (Å²) in [5, 5.41) is 10.8. The van der Waals surface area contributed by atoms with E-state index in [0.717, 1.165) is 27.3 Å². The number of anilines is 2. The van der Waals surface area contributed by atoms with Gasteiger partial charge in [0.15, 0.2) is 5.65 Å². The molecule has 0 spiro atoms. The van der Waals surface area contributed by atoms with Crippen LogP contribution in [0.3, 0.4) is 0 Å². The molecule has 0 aliphatic carbocycles. The SMILES string of the molecule is CC(=O)Nc1ccc(SCC(=O)Nc2cnc3c(c2)c(C)nn3C)cc1. The van der Waals surface area contributed by atoms with Crippen LogP contribution in [0, 0.1) is 6.92 Å². The molecule has 3 rings (SSSR count). The first-order valence-electron chi connectivity index (χ1n) is 8.02. The summed E-state index contributed by atoms with van der Waals surface area (Å²) in [6.07, 6.45) is 1.63. The lowest BCUT2D eigenvalue weighted by Gasteiger charge is -2.06. The number of amides is 2. The minimum absolute atomic E-state index is 0.108. The molecular weight excluding hydrogens is 350 g/mol. The Morgan fingerprint density at radius 3 is 2.58 bits per heavy atom. The summed E-state index contributed by atoms with van der Waals surface area (Å²) in [5.41, 5.74) is 3.05. The first-order valence-corrected chi connectivity index (χ1v) is 9.00. The molecule has 8 heteroatoms. The van der Waals surface area contributed by atoms with E-state index in [2.05, 4.69) is 20.7 Å². The van der Waals surface area contributed by atoms with E-state index >= 15 is 0 Å². The Morgan fingerprint density at radius 2 is 1.88 bits per heavy atom. The summed E-state index contributed by atoms with van der Waals surface area (Å²) in [4.78, 5) is 28.5. The maximum Gasteiger partial charge on any atom is 0.234 e. The highest BCUT2D eigenvalue weighted by atomic mass is 32.2. The summed E-state index contributed by atoms with van der Waals surface area (Å²) in [5.74, 6) is 0.0617. The summed E-state index contributed by atoms with van der Waals surface area (Å²) in [6, 6.07) is 9.25. The topological polar surface area (TPSA) is 88.9 Å². The van der Waals surface area contributed by atoms with Crippen molar-refractivity contribution in [1.82, 2.24) is 14.8 Å². The van der Waals surface area contributed by atoms with Crippen molar-refractivity contribution >= 4 is 46.0 Å². The molecule has 0 atom stereocenters. The van der Waals surface area contributed by atoms with Crippen molar-refractivity contribution in [3.63, 3.8) is 0 Å². The Morgan fingerprint density at radius 1 is 1.15 bits per heavy atom. The Hall–Kier alpha value is -2.87. The average Bonchev–Trinajstić information content (AvgIpc) is 2.88. The molecule has 2 aromatic heterocycles. The van der Waals surface area contributed by atoms with Gasteiger partial charge in [-0.25, -0.2) is 4.98 Å². The lowest BCUT2D eigenvalue weighted by atomic mass is 10.2. The lowest BCUT2D eigenvalue weighted by molar-refractivity contribution is -0.114. The van der Waals surface area contributed by atoms with Gasteiger partial charge in [-0.3, -0.25) is 14.3 Å². The number of nitrogens with zero attached hydrogens (tertiary/aromatic N) is 3. The molecule has 2 amide bonds. The Bertz CT molecular complexity index is 966. The monoisotopic (exact) mass is 369 g/mol. The number of aromatic nitrogens is 3. The van der Waals surface area contributed by atoms with Crippen LogP contribution in [0.25, 0.3) is 11.0 Å². The number of hydrogen-bond acceptors (Lipinski definition) is 5. The predicted octanol–water partition coefficient (Wildman–Crippen LogP) is 2.97. The lowest BCUT2D eigenvalue weighted by Crippen LogP contribution is -2.14. The van der Waals surface area contributed by atoms with Gasteiger partial charge < -0.3 is 10.6 Å². The van der Waals surface area contributed by atoms with Gasteiger partial charge in [-0.15, -0.1) is 11.8 Å². The van der Waals surface area contributed by atoms with Gasteiger partial charge in [0.05, 0.1) is 23.3 Å². The number of rotatable bonds is 5. The van der Waals surface area contributed by atoms with E-state index in [-0.39, 0.29) is 17.6 Å². The van der Waals surface area contributed by atoms with Gasteiger partial charge in [0.1, 0.15) is 0 Å². The van der Waals surface area contributed by atoms with Crippen LogP contribution < -0.4 is 10.6 Å². The van der Waals surface area contributed by atoms with Crippen molar-refractivity contribution in [2.45, 2.75) is 18.7 Å². The highest BCUT2D eigenvalue weighted by Gasteiger charge is 2.09. The zero-order valence-corrected chi connectivity index (χ0v) is 15.6. The van der Waals surface area contributed by atoms with Crippen LogP contribution in [0.2, 0.25) is 0 Å². The van der Waals surface area contributed by atoms with Gasteiger partial charge in [0.2, 0.25) is 11.8 Å². The molecule has 0 unspecified atom stereocenters.